The summed E-state index contributed by atoms with van der Waals surface area (Å²) in [5, 5.41) is 4.28. The molecule has 0 N–H and O–H groups in total. The van der Waals surface area contributed by atoms with Crippen LogP contribution >= 0.6 is 0 Å². The molecule has 2 aromatic rings. The van der Waals surface area contributed by atoms with Crippen LogP contribution in [0.4, 0.5) is 0 Å². The molecule has 0 fully saturated rings. The van der Waals surface area contributed by atoms with Crippen LogP contribution in [0, 0.1) is 13.8 Å². The van der Waals surface area contributed by atoms with E-state index in [4.69, 9.17) is 4.74 Å². The highest BCUT2D eigenvalue weighted by Crippen LogP contribution is 2.15. The summed E-state index contributed by atoms with van der Waals surface area (Å²) in [6, 6.07) is 6.15. The summed E-state index contributed by atoms with van der Waals surface area (Å²) >= 11 is 0. The average Bonchev–Trinajstić information content (AvgIpc) is 2.78. The third kappa shape index (κ3) is 3.85. The first-order valence-corrected chi connectivity index (χ1v) is 7.01. The fraction of sp³-hybridized carbons (Fsp3) is 0.235. The van der Waals surface area contributed by atoms with Gasteiger partial charge in [-0.2, -0.15) is 5.10 Å². The Morgan fingerprint density at radius 1 is 1.17 bits per heavy atom. The lowest BCUT2D eigenvalue weighted by Crippen LogP contribution is -2.05. The Bertz CT molecular complexity index is 758. The predicted molar refractivity (Wildman–Crippen MR) is 85.1 cm³/mol. The minimum atomic E-state index is -0.501. The van der Waals surface area contributed by atoms with Crippen LogP contribution in [-0.4, -0.2) is 28.8 Å². The van der Waals surface area contributed by atoms with E-state index in [9.17, 15) is 9.59 Å². The molecule has 23 heavy (non-hydrogen) atoms. The fourth-order valence-electron chi connectivity index (χ4n) is 2.11. The van der Waals surface area contributed by atoms with Gasteiger partial charge in [0, 0.05) is 24.4 Å². The van der Waals surface area contributed by atoms with E-state index in [1.165, 1.54) is 25.3 Å². The third-order valence-electron chi connectivity index (χ3n) is 3.44. The second kappa shape index (κ2) is 6.91. The van der Waals surface area contributed by atoms with Crippen LogP contribution in [0.15, 0.2) is 30.3 Å². The molecule has 0 spiro atoms. The van der Waals surface area contributed by atoms with Gasteiger partial charge in [0.2, 0.25) is 0 Å². The summed E-state index contributed by atoms with van der Waals surface area (Å²) in [5.74, 6) is -0.587. The number of carbonyl (C=O) groups is 2. The molecule has 0 amide bonds. The van der Waals surface area contributed by atoms with Gasteiger partial charge < -0.3 is 9.47 Å². The zero-order valence-electron chi connectivity index (χ0n) is 13.5. The van der Waals surface area contributed by atoms with Gasteiger partial charge in [-0.05, 0) is 44.2 Å². The van der Waals surface area contributed by atoms with Crippen molar-refractivity contribution in [3.8, 4) is 5.75 Å². The van der Waals surface area contributed by atoms with Gasteiger partial charge in [0.25, 0.3) is 0 Å². The van der Waals surface area contributed by atoms with Gasteiger partial charge in [0.1, 0.15) is 5.75 Å². The monoisotopic (exact) mass is 314 g/mol. The molecule has 0 saturated heterocycles. The first-order chi connectivity index (χ1) is 10.9. The van der Waals surface area contributed by atoms with Crippen molar-refractivity contribution in [3.05, 3.63) is 52.9 Å². The number of methoxy groups -OCH3 is 1. The maximum absolute atomic E-state index is 11.9. The number of esters is 2. The third-order valence-corrected chi connectivity index (χ3v) is 3.44. The first kappa shape index (κ1) is 16.5. The second-order valence-corrected chi connectivity index (χ2v) is 4.98. The molecule has 1 aromatic carbocycles. The van der Waals surface area contributed by atoms with Crippen LogP contribution in [-0.2, 0) is 16.6 Å². The van der Waals surface area contributed by atoms with Crippen molar-refractivity contribution in [2.45, 2.75) is 13.8 Å². The Balaban J connectivity index is 2.04. The molecule has 6 heteroatoms. The number of aryl methyl sites for hydroxylation is 2. The van der Waals surface area contributed by atoms with Gasteiger partial charge in [-0.3, -0.25) is 4.68 Å². The van der Waals surface area contributed by atoms with E-state index in [0.29, 0.717) is 11.3 Å². The quantitative estimate of drug-likeness (QED) is 0.492. The molecule has 1 aromatic heterocycles. The molecule has 0 radical (unpaired) electrons. The Labute approximate surface area is 134 Å². The zero-order valence-corrected chi connectivity index (χ0v) is 13.5. The highest BCUT2D eigenvalue weighted by molar-refractivity contribution is 5.90. The van der Waals surface area contributed by atoms with E-state index in [2.05, 4.69) is 9.84 Å². The minimum Gasteiger partial charge on any atom is -0.465 e. The number of rotatable bonds is 4. The van der Waals surface area contributed by atoms with Gasteiger partial charge in [0.15, 0.2) is 0 Å². The summed E-state index contributed by atoms with van der Waals surface area (Å²) in [4.78, 5) is 23.2. The molecule has 0 aliphatic rings. The van der Waals surface area contributed by atoms with E-state index in [1.54, 1.807) is 22.9 Å². The molecule has 0 bridgehead atoms. The van der Waals surface area contributed by atoms with Crippen molar-refractivity contribution < 1.29 is 19.1 Å². The Hall–Kier alpha value is -2.89. The second-order valence-electron chi connectivity index (χ2n) is 4.98. The molecular weight excluding hydrogens is 296 g/mol. The standard InChI is InChI=1S/C17H18N2O4/c1-11-15(12(2)19(3)18-11)9-10-16(20)23-14-7-5-13(6-8-14)17(21)22-4/h5-10H,1-4H3/b10-9+. The predicted octanol–water partition coefficient (Wildman–Crippen LogP) is 2.44. The van der Waals surface area contributed by atoms with Crippen LogP contribution in [0.25, 0.3) is 6.08 Å². The number of hydrogen-bond acceptors (Lipinski definition) is 5. The average molecular weight is 314 g/mol. The molecular formula is C17H18N2O4. The van der Waals surface area contributed by atoms with Gasteiger partial charge in [-0.15, -0.1) is 0 Å². The lowest BCUT2D eigenvalue weighted by atomic mass is 10.2. The Morgan fingerprint density at radius 3 is 2.35 bits per heavy atom. The highest BCUT2D eigenvalue weighted by Gasteiger charge is 2.08. The minimum absolute atomic E-state index is 0.354. The SMILES string of the molecule is COC(=O)c1ccc(OC(=O)/C=C/c2c(C)nn(C)c2C)cc1. The first-order valence-electron chi connectivity index (χ1n) is 7.01. The van der Waals surface area contributed by atoms with Gasteiger partial charge in [-0.1, -0.05) is 0 Å². The van der Waals surface area contributed by atoms with Crippen molar-refractivity contribution >= 4 is 18.0 Å². The number of benzene rings is 1. The lowest BCUT2D eigenvalue weighted by molar-refractivity contribution is -0.128. The number of hydrogen-bond donors (Lipinski definition) is 0. The largest absolute Gasteiger partial charge is 0.465 e. The fourth-order valence-corrected chi connectivity index (χ4v) is 2.11. The summed E-state index contributed by atoms with van der Waals surface area (Å²) in [7, 11) is 3.16. The Kier molecular flexibility index (Phi) is 4.95. The normalized spacial score (nSPS) is 10.8. The molecule has 0 saturated carbocycles. The van der Waals surface area contributed by atoms with Gasteiger partial charge >= 0.3 is 11.9 Å². The number of aromatic nitrogens is 2. The topological polar surface area (TPSA) is 70.4 Å². The van der Waals surface area contributed by atoms with E-state index >= 15 is 0 Å². The zero-order chi connectivity index (χ0) is 17.0. The molecule has 2 rings (SSSR count). The molecule has 120 valence electrons. The van der Waals surface area contributed by atoms with Crippen molar-refractivity contribution in [2.24, 2.45) is 7.05 Å². The number of ether oxygens (including phenoxy) is 2. The summed E-state index contributed by atoms with van der Waals surface area (Å²) in [5.41, 5.74) is 3.10. The van der Waals surface area contributed by atoms with Crippen molar-refractivity contribution in [3.63, 3.8) is 0 Å². The molecule has 0 aliphatic carbocycles. The molecule has 1 heterocycles. The maximum Gasteiger partial charge on any atom is 0.337 e. The van der Waals surface area contributed by atoms with Crippen molar-refractivity contribution in [2.75, 3.05) is 7.11 Å². The van der Waals surface area contributed by atoms with Crippen LogP contribution in [0.2, 0.25) is 0 Å². The molecule has 6 nitrogen and oxygen atoms in total. The van der Waals surface area contributed by atoms with Crippen LogP contribution in [0.1, 0.15) is 27.3 Å². The number of nitrogens with zero attached hydrogens (tertiary/aromatic N) is 2. The summed E-state index contributed by atoms with van der Waals surface area (Å²) in [6.45, 7) is 3.81. The van der Waals surface area contributed by atoms with E-state index in [-0.39, 0.29) is 0 Å². The van der Waals surface area contributed by atoms with E-state index in [1.807, 2.05) is 20.9 Å². The van der Waals surface area contributed by atoms with E-state index < -0.39 is 11.9 Å². The van der Waals surface area contributed by atoms with Gasteiger partial charge in [0.05, 0.1) is 18.4 Å². The van der Waals surface area contributed by atoms with Crippen LogP contribution in [0.3, 0.4) is 0 Å². The molecule has 0 atom stereocenters. The smallest absolute Gasteiger partial charge is 0.337 e. The van der Waals surface area contributed by atoms with Gasteiger partial charge in [-0.25, -0.2) is 9.59 Å². The number of carbonyl (C=O) groups excluding carboxylic acids is 2. The Morgan fingerprint density at radius 2 is 1.83 bits per heavy atom. The van der Waals surface area contributed by atoms with E-state index in [0.717, 1.165) is 17.0 Å². The maximum atomic E-state index is 11.9. The highest BCUT2D eigenvalue weighted by atomic mass is 16.5. The van der Waals surface area contributed by atoms with Crippen LogP contribution < -0.4 is 4.74 Å². The summed E-state index contributed by atoms with van der Waals surface area (Å²) < 4.78 is 11.5. The van der Waals surface area contributed by atoms with Crippen molar-refractivity contribution in [1.29, 1.82) is 0 Å². The molecule has 0 unspecified atom stereocenters. The lowest BCUT2D eigenvalue weighted by Gasteiger charge is -2.03. The van der Waals surface area contributed by atoms with Crippen LogP contribution in [0.5, 0.6) is 5.75 Å². The summed E-state index contributed by atoms with van der Waals surface area (Å²) in [6.07, 6.45) is 3.04. The van der Waals surface area contributed by atoms with Crippen molar-refractivity contribution in [1.82, 2.24) is 9.78 Å². The molecule has 0 aliphatic heterocycles.